The molecule has 1 aromatic carbocycles. The summed E-state index contributed by atoms with van der Waals surface area (Å²) < 4.78 is 0. The van der Waals surface area contributed by atoms with Crippen LogP contribution < -0.4 is 4.90 Å². The predicted octanol–water partition coefficient (Wildman–Crippen LogP) is 4.63. The van der Waals surface area contributed by atoms with Crippen molar-refractivity contribution in [3.05, 3.63) is 33.9 Å². The van der Waals surface area contributed by atoms with Crippen LogP contribution in [0.2, 0.25) is 0 Å². The summed E-state index contributed by atoms with van der Waals surface area (Å²) in [6, 6.07) is 4.98. The van der Waals surface area contributed by atoms with Crippen LogP contribution >= 0.6 is 0 Å². The van der Waals surface area contributed by atoms with Crippen LogP contribution in [0.4, 0.5) is 11.4 Å². The van der Waals surface area contributed by atoms with Crippen molar-refractivity contribution in [3.63, 3.8) is 0 Å². The van der Waals surface area contributed by atoms with Gasteiger partial charge in [0.2, 0.25) is 0 Å². The van der Waals surface area contributed by atoms with E-state index in [-0.39, 0.29) is 16.5 Å². The second-order valence-corrected chi connectivity index (χ2v) is 7.01. The van der Waals surface area contributed by atoms with E-state index in [4.69, 9.17) is 0 Å². The van der Waals surface area contributed by atoms with Gasteiger partial charge in [-0.3, -0.25) is 14.9 Å². The number of carbonyl (C=O) groups is 1. The molecular formula is C20H31N3O3. The fourth-order valence-corrected chi connectivity index (χ4v) is 3.40. The largest absolute Gasteiger partial charge is 0.366 e. The molecule has 1 heterocycles. The first kappa shape index (κ1) is 20.2. The van der Waals surface area contributed by atoms with Crippen molar-refractivity contribution in [1.29, 1.82) is 0 Å². The maximum atomic E-state index is 12.9. The Bertz CT molecular complexity index is 604. The number of hydrogen-bond donors (Lipinski definition) is 0. The van der Waals surface area contributed by atoms with Gasteiger partial charge in [-0.15, -0.1) is 0 Å². The summed E-state index contributed by atoms with van der Waals surface area (Å²) in [6.07, 6.45) is 7.21. The highest BCUT2D eigenvalue weighted by molar-refractivity contribution is 5.95. The fourth-order valence-electron chi connectivity index (χ4n) is 3.40. The van der Waals surface area contributed by atoms with Crippen LogP contribution in [-0.2, 0) is 0 Å². The van der Waals surface area contributed by atoms with E-state index in [1.54, 1.807) is 12.1 Å². The molecule has 0 saturated carbocycles. The lowest BCUT2D eigenvalue weighted by Gasteiger charge is -2.28. The molecule has 0 atom stereocenters. The summed E-state index contributed by atoms with van der Waals surface area (Å²) in [6.45, 7) is 7.29. The van der Waals surface area contributed by atoms with Gasteiger partial charge in [0.1, 0.15) is 5.69 Å². The van der Waals surface area contributed by atoms with E-state index >= 15 is 0 Å². The molecule has 1 aliphatic heterocycles. The molecule has 0 N–H and O–H groups in total. The van der Waals surface area contributed by atoms with Gasteiger partial charge in [0.05, 0.1) is 4.92 Å². The topological polar surface area (TPSA) is 66.7 Å². The number of nitro benzene ring substituents is 1. The molecule has 6 heteroatoms. The number of piperidine rings is 1. The molecular weight excluding hydrogens is 330 g/mol. The van der Waals surface area contributed by atoms with Crippen LogP contribution in [0.5, 0.6) is 0 Å². The Kier molecular flexibility index (Phi) is 7.88. The number of hydrogen-bond acceptors (Lipinski definition) is 4. The van der Waals surface area contributed by atoms with Crippen molar-refractivity contribution in [2.45, 2.75) is 58.8 Å². The molecule has 0 spiro atoms. The molecule has 6 nitrogen and oxygen atoms in total. The Morgan fingerprint density at radius 1 is 1.12 bits per heavy atom. The fraction of sp³-hybridized carbons (Fsp3) is 0.650. The Balaban J connectivity index is 2.25. The van der Waals surface area contributed by atoms with E-state index in [9.17, 15) is 14.9 Å². The Labute approximate surface area is 156 Å². The highest BCUT2D eigenvalue weighted by atomic mass is 16.6. The van der Waals surface area contributed by atoms with Crippen LogP contribution in [0, 0.1) is 10.1 Å². The van der Waals surface area contributed by atoms with Gasteiger partial charge < -0.3 is 9.80 Å². The quantitative estimate of drug-likeness (QED) is 0.475. The third kappa shape index (κ3) is 5.19. The van der Waals surface area contributed by atoms with Gasteiger partial charge in [-0.25, -0.2) is 0 Å². The summed E-state index contributed by atoms with van der Waals surface area (Å²) in [5.74, 6) is -0.0970. The number of anilines is 1. The molecule has 1 saturated heterocycles. The van der Waals surface area contributed by atoms with Gasteiger partial charge in [-0.05, 0) is 44.2 Å². The third-order valence-electron chi connectivity index (χ3n) is 4.97. The smallest absolute Gasteiger partial charge is 0.293 e. The Morgan fingerprint density at radius 2 is 1.73 bits per heavy atom. The molecule has 1 amide bonds. The maximum absolute atomic E-state index is 12.9. The zero-order chi connectivity index (χ0) is 18.9. The zero-order valence-corrected chi connectivity index (χ0v) is 16.1. The molecule has 0 aromatic heterocycles. The van der Waals surface area contributed by atoms with Gasteiger partial charge in [0.15, 0.2) is 0 Å². The number of carbonyl (C=O) groups excluding carboxylic acids is 1. The summed E-state index contributed by atoms with van der Waals surface area (Å²) >= 11 is 0. The van der Waals surface area contributed by atoms with Crippen molar-refractivity contribution >= 4 is 17.3 Å². The van der Waals surface area contributed by atoms with Crippen molar-refractivity contribution in [2.75, 3.05) is 31.1 Å². The average molecular weight is 361 g/mol. The molecule has 1 fully saturated rings. The van der Waals surface area contributed by atoms with Crippen LogP contribution in [-0.4, -0.2) is 41.9 Å². The first-order valence-corrected chi connectivity index (χ1v) is 9.91. The second-order valence-electron chi connectivity index (χ2n) is 7.01. The van der Waals surface area contributed by atoms with Crippen LogP contribution in [0.15, 0.2) is 18.2 Å². The molecule has 144 valence electrons. The van der Waals surface area contributed by atoms with Crippen LogP contribution in [0.1, 0.15) is 69.2 Å². The molecule has 26 heavy (non-hydrogen) atoms. The minimum atomic E-state index is -0.358. The van der Waals surface area contributed by atoms with E-state index in [0.717, 1.165) is 51.6 Å². The van der Waals surface area contributed by atoms with E-state index < -0.39 is 0 Å². The lowest BCUT2D eigenvalue weighted by molar-refractivity contribution is -0.384. The molecule has 0 radical (unpaired) electrons. The minimum Gasteiger partial charge on any atom is -0.366 e. The molecule has 0 bridgehead atoms. The number of benzene rings is 1. The number of nitro groups is 1. The van der Waals surface area contributed by atoms with E-state index in [1.165, 1.54) is 12.5 Å². The summed E-state index contributed by atoms with van der Waals surface area (Å²) in [5, 5.41) is 11.6. The summed E-state index contributed by atoms with van der Waals surface area (Å²) in [4.78, 5) is 28.1. The zero-order valence-electron chi connectivity index (χ0n) is 16.1. The normalized spacial score (nSPS) is 14.3. The number of amides is 1. The second kappa shape index (κ2) is 10.1. The monoisotopic (exact) mass is 361 g/mol. The van der Waals surface area contributed by atoms with Crippen LogP contribution in [0.25, 0.3) is 0 Å². The van der Waals surface area contributed by atoms with E-state index in [1.807, 2.05) is 4.90 Å². The average Bonchev–Trinajstić information content (AvgIpc) is 2.68. The highest BCUT2D eigenvalue weighted by Gasteiger charge is 2.24. The molecule has 1 aromatic rings. The van der Waals surface area contributed by atoms with Crippen molar-refractivity contribution < 1.29 is 9.72 Å². The lowest BCUT2D eigenvalue weighted by Crippen LogP contribution is -2.33. The van der Waals surface area contributed by atoms with Gasteiger partial charge >= 0.3 is 0 Å². The third-order valence-corrected chi connectivity index (χ3v) is 4.97. The summed E-state index contributed by atoms with van der Waals surface area (Å²) in [7, 11) is 0. The molecule has 2 rings (SSSR count). The van der Waals surface area contributed by atoms with Gasteiger partial charge in [-0.1, -0.05) is 26.7 Å². The predicted molar refractivity (Wildman–Crippen MR) is 105 cm³/mol. The number of unbranched alkanes of at least 4 members (excludes halogenated alkanes) is 2. The van der Waals surface area contributed by atoms with Crippen molar-refractivity contribution in [3.8, 4) is 0 Å². The van der Waals surface area contributed by atoms with Gasteiger partial charge in [-0.2, -0.15) is 0 Å². The summed E-state index contributed by atoms with van der Waals surface area (Å²) in [5.41, 5.74) is 1.10. The Hall–Kier alpha value is -2.11. The van der Waals surface area contributed by atoms with Crippen molar-refractivity contribution in [1.82, 2.24) is 4.90 Å². The van der Waals surface area contributed by atoms with E-state index in [0.29, 0.717) is 24.3 Å². The van der Waals surface area contributed by atoms with Crippen molar-refractivity contribution in [2.24, 2.45) is 0 Å². The van der Waals surface area contributed by atoms with Gasteiger partial charge in [0.25, 0.3) is 11.6 Å². The molecule has 0 unspecified atom stereocenters. The first-order valence-electron chi connectivity index (χ1n) is 9.91. The SMILES string of the molecule is CCCCN(CCCC)C(=O)c1ccc(N2CCCCC2)c([N+](=O)[O-])c1. The van der Waals surface area contributed by atoms with Gasteiger partial charge in [0, 0.05) is 37.8 Å². The van der Waals surface area contributed by atoms with E-state index in [2.05, 4.69) is 18.7 Å². The number of rotatable bonds is 9. The Morgan fingerprint density at radius 3 is 2.27 bits per heavy atom. The lowest BCUT2D eigenvalue weighted by atomic mass is 10.1. The minimum absolute atomic E-state index is 0.0451. The number of nitrogens with zero attached hydrogens (tertiary/aromatic N) is 3. The molecule has 1 aliphatic rings. The molecule has 0 aliphatic carbocycles. The first-order chi connectivity index (χ1) is 12.6. The standard InChI is InChI=1S/C20H31N3O3/c1-3-5-12-22(13-6-4-2)20(24)17-10-11-18(19(16-17)23(25)26)21-14-8-7-9-15-21/h10-11,16H,3-9,12-15H2,1-2H3. The maximum Gasteiger partial charge on any atom is 0.293 e. The van der Waals surface area contributed by atoms with Crippen LogP contribution in [0.3, 0.4) is 0 Å². The highest BCUT2D eigenvalue weighted by Crippen LogP contribution is 2.31.